The van der Waals surface area contributed by atoms with Crippen LogP contribution in [0.1, 0.15) is 22.8 Å². The summed E-state index contributed by atoms with van der Waals surface area (Å²) in [5.41, 5.74) is 5.19. The van der Waals surface area contributed by atoms with E-state index in [4.69, 9.17) is 4.74 Å². The fraction of sp³-hybridized carbons (Fsp3) is 0.0800. The highest BCUT2D eigenvalue weighted by atomic mass is 16.6. The third-order valence-electron chi connectivity index (χ3n) is 4.93. The number of pyridine rings is 1. The first-order valence-electron chi connectivity index (χ1n) is 10.3. The van der Waals surface area contributed by atoms with Gasteiger partial charge in [0.15, 0.2) is 0 Å². The molecule has 4 aromatic rings. The Kier molecular flexibility index (Phi) is 6.36. The van der Waals surface area contributed by atoms with Crippen LogP contribution in [-0.4, -0.2) is 28.6 Å². The molecule has 0 aliphatic rings. The lowest BCUT2D eigenvalue weighted by molar-refractivity contribution is -0.385. The van der Waals surface area contributed by atoms with Crippen molar-refractivity contribution < 1.29 is 14.5 Å². The van der Waals surface area contributed by atoms with Gasteiger partial charge in [-0.2, -0.15) is 5.10 Å². The van der Waals surface area contributed by atoms with Gasteiger partial charge in [0.25, 0.3) is 11.6 Å². The van der Waals surface area contributed by atoms with Crippen LogP contribution in [0.2, 0.25) is 0 Å². The maximum Gasteiger partial charge on any atom is 0.278 e. The number of nitrogens with zero attached hydrogens (tertiary/aromatic N) is 3. The maximum atomic E-state index is 13.0. The zero-order valence-electron chi connectivity index (χ0n) is 17.8. The van der Waals surface area contributed by atoms with E-state index < -0.39 is 10.8 Å². The average molecular weight is 440 g/mol. The molecule has 1 N–H and O–H groups in total. The number of nitro benzene ring substituents is 1. The molecule has 0 aliphatic carbocycles. The van der Waals surface area contributed by atoms with E-state index in [1.807, 2.05) is 55.5 Å². The van der Waals surface area contributed by atoms with Gasteiger partial charge in [-0.3, -0.25) is 14.9 Å². The van der Waals surface area contributed by atoms with E-state index in [2.05, 4.69) is 15.5 Å². The summed E-state index contributed by atoms with van der Waals surface area (Å²) in [4.78, 5) is 28.3. The molecule has 1 aromatic heterocycles. The Labute approximate surface area is 189 Å². The Hall–Kier alpha value is -4.59. The van der Waals surface area contributed by atoms with Crippen LogP contribution in [0.25, 0.3) is 22.2 Å². The van der Waals surface area contributed by atoms with Crippen molar-refractivity contribution in [2.75, 3.05) is 6.61 Å². The monoisotopic (exact) mass is 440 g/mol. The minimum absolute atomic E-state index is 0.0948. The Morgan fingerprint density at radius 2 is 1.82 bits per heavy atom. The number of para-hydroxylation sites is 2. The summed E-state index contributed by atoms with van der Waals surface area (Å²) >= 11 is 0. The van der Waals surface area contributed by atoms with Gasteiger partial charge in [0, 0.05) is 17.0 Å². The van der Waals surface area contributed by atoms with Gasteiger partial charge in [0.2, 0.25) is 0 Å². The number of ether oxygens (including phenoxy) is 1. The van der Waals surface area contributed by atoms with Gasteiger partial charge in [-0.1, -0.05) is 30.3 Å². The van der Waals surface area contributed by atoms with Crippen molar-refractivity contribution in [1.29, 1.82) is 0 Å². The van der Waals surface area contributed by atoms with Crippen LogP contribution >= 0.6 is 0 Å². The van der Waals surface area contributed by atoms with Crippen molar-refractivity contribution in [3.05, 3.63) is 100 Å². The quantitative estimate of drug-likeness (QED) is 0.248. The summed E-state index contributed by atoms with van der Waals surface area (Å²) in [6.45, 7) is 2.49. The lowest BCUT2D eigenvalue weighted by atomic mass is 10.0. The molecule has 0 atom stereocenters. The predicted octanol–water partition coefficient (Wildman–Crippen LogP) is 4.97. The molecule has 3 aromatic carbocycles. The van der Waals surface area contributed by atoms with Crippen LogP contribution in [0.5, 0.6) is 5.75 Å². The van der Waals surface area contributed by atoms with Gasteiger partial charge in [0.05, 0.1) is 40.1 Å². The SMILES string of the molecule is CCOc1ccc(-c2cc(C(=O)NN=Cc3ccccc3[N+](=O)[O-])c3ccccc3n2)cc1. The van der Waals surface area contributed by atoms with Crippen molar-refractivity contribution in [2.24, 2.45) is 5.10 Å². The van der Waals surface area contributed by atoms with Crippen LogP contribution < -0.4 is 10.2 Å². The summed E-state index contributed by atoms with van der Waals surface area (Å²) in [6, 6.07) is 22.7. The summed E-state index contributed by atoms with van der Waals surface area (Å²) in [6.07, 6.45) is 1.26. The molecule has 8 heteroatoms. The number of carbonyl (C=O) groups excluding carboxylic acids is 1. The third-order valence-corrected chi connectivity index (χ3v) is 4.93. The molecule has 0 aliphatic heterocycles. The smallest absolute Gasteiger partial charge is 0.278 e. The van der Waals surface area contributed by atoms with Crippen LogP contribution in [0.4, 0.5) is 5.69 Å². The average Bonchev–Trinajstić information content (AvgIpc) is 2.84. The maximum absolute atomic E-state index is 13.0. The Balaban J connectivity index is 1.65. The Bertz CT molecular complexity index is 1350. The highest BCUT2D eigenvalue weighted by Gasteiger charge is 2.14. The van der Waals surface area contributed by atoms with Crippen LogP contribution in [-0.2, 0) is 0 Å². The van der Waals surface area contributed by atoms with E-state index in [9.17, 15) is 14.9 Å². The van der Waals surface area contributed by atoms with E-state index in [0.29, 0.717) is 28.8 Å². The second-order valence-corrected chi connectivity index (χ2v) is 7.04. The minimum Gasteiger partial charge on any atom is -0.494 e. The van der Waals surface area contributed by atoms with Gasteiger partial charge < -0.3 is 4.74 Å². The molecule has 1 amide bonds. The number of hydrogen-bond acceptors (Lipinski definition) is 6. The standard InChI is InChI=1S/C25H20N4O4/c1-2-33-19-13-11-17(12-14-19)23-15-21(20-8-4-5-9-22(20)27-23)25(30)28-26-16-18-7-3-6-10-24(18)29(31)32/h3-16H,2H2,1H3,(H,28,30). The van der Waals surface area contributed by atoms with Gasteiger partial charge in [0.1, 0.15) is 5.75 Å². The van der Waals surface area contributed by atoms with Gasteiger partial charge in [-0.05, 0) is 49.4 Å². The second kappa shape index (κ2) is 9.69. The van der Waals surface area contributed by atoms with E-state index in [1.54, 1.807) is 24.3 Å². The predicted molar refractivity (Wildman–Crippen MR) is 127 cm³/mol. The summed E-state index contributed by atoms with van der Waals surface area (Å²) in [7, 11) is 0. The molecule has 0 saturated heterocycles. The third kappa shape index (κ3) is 4.85. The van der Waals surface area contributed by atoms with Crippen LogP contribution in [0.3, 0.4) is 0 Å². The van der Waals surface area contributed by atoms with E-state index in [-0.39, 0.29) is 11.3 Å². The molecule has 1 heterocycles. The molecule has 0 saturated carbocycles. The van der Waals surface area contributed by atoms with E-state index >= 15 is 0 Å². The largest absolute Gasteiger partial charge is 0.494 e. The molecule has 164 valence electrons. The lowest BCUT2D eigenvalue weighted by Crippen LogP contribution is -2.18. The molecule has 4 rings (SSSR count). The lowest BCUT2D eigenvalue weighted by Gasteiger charge is -2.10. The number of benzene rings is 3. The van der Waals surface area contributed by atoms with Gasteiger partial charge in [-0.25, -0.2) is 10.4 Å². The van der Waals surface area contributed by atoms with Crippen molar-refractivity contribution >= 4 is 28.7 Å². The fourth-order valence-electron chi connectivity index (χ4n) is 3.38. The minimum atomic E-state index is -0.497. The molecule has 0 bridgehead atoms. The number of nitro groups is 1. The molecular weight excluding hydrogens is 420 g/mol. The van der Waals surface area contributed by atoms with Gasteiger partial charge in [-0.15, -0.1) is 0 Å². The summed E-state index contributed by atoms with van der Waals surface area (Å²) in [5.74, 6) is 0.306. The fourth-order valence-corrected chi connectivity index (χ4v) is 3.38. The number of fused-ring (bicyclic) bond motifs is 1. The Morgan fingerprint density at radius 1 is 1.09 bits per heavy atom. The van der Waals surface area contributed by atoms with E-state index in [1.165, 1.54) is 12.3 Å². The molecule has 0 spiro atoms. The number of amides is 1. The number of aromatic nitrogens is 1. The molecule has 0 radical (unpaired) electrons. The van der Waals surface area contributed by atoms with E-state index in [0.717, 1.165) is 11.3 Å². The summed E-state index contributed by atoms with van der Waals surface area (Å²) < 4.78 is 5.49. The first-order valence-corrected chi connectivity index (χ1v) is 10.3. The summed E-state index contributed by atoms with van der Waals surface area (Å²) in [5, 5.41) is 15.8. The zero-order valence-corrected chi connectivity index (χ0v) is 17.8. The number of hydrazone groups is 1. The second-order valence-electron chi connectivity index (χ2n) is 7.04. The van der Waals surface area contributed by atoms with Gasteiger partial charge >= 0.3 is 0 Å². The number of nitrogens with one attached hydrogen (secondary N) is 1. The molecule has 33 heavy (non-hydrogen) atoms. The molecule has 0 unspecified atom stereocenters. The Morgan fingerprint density at radius 3 is 2.58 bits per heavy atom. The highest BCUT2D eigenvalue weighted by molar-refractivity contribution is 6.07. The topological polar surface area (TPSA) is 107 Å². The zero-order chi connectivity index (χ0) is 23.2. The molecule has 0 fully saturated rings. The number of rotatable bonds is 7. The first-order chi connectivity index (χ1) is 16.1. The van der Waals surface area contributed by atoms with Crippen LogP contribution in [0, 0.1) is 10.1 Å². The first kappa shape index (κ1) is 21.6. The van der Waals surface area contributed by atoms with Crippen molar-refractivity contribution in [1.82, 2.24) is 10.4 Å². The van der Waals surface area contributed by atoms with Crippen molar-refractivity contribution in [3.8, 4) is 17.0 Å². The number of hydrogen-bond donors (Lipinski definition) is 1. The normalized spacial score (nSPS) is 10.9. The highest BCUT2D eigenvalue weighted by Crippen LogP contribution is 2.26. The molecule has 8 nitrogen and oxygen atoms in total. The molecular formula is C25H20N4O4. The number of carbonyl (C=O) groups is 1. The van der Waals surface area contributed by atoms with Crippen molar-refractivity contribution in [2.45, 2.75) is 6.92 Å². The van der Waals surface area contributed by atoms with Crippen LogP contribution in [0.15, 0.2) is 84.0 Å². The van der Waals surface area contributed by atoms with Crippen molar-refractivity contribution in [3.63, 3.8) is 0 Å².